The van der Waals surface area contributed by atoms with Crippen molar-refractivity contribution in [3.63, 3.8) is 0 Å². The Balaban J connectivity index is 2.22. The molecule has 4 aromatic carbocycles. The van der Waals surface area contributed by atoms with E-state index in [1.165, 1.54) is 0 Å². The normalized spacial score (nSPS) is 10.7. The first-order valence-electron chi connectivity index (χ1n) is 8.62. The molecule has 0 bridgehead atoms. The molecule has 0 aromatic heterocycles. The van der Waals surface area contributed by atoms with Gasteiger partial charge < -0.3 is 9.47 Å². The van der Waals surface area contributed by atoms with Crippen LogP contribution in [0.4, 0.5) is 0 Å². The molecule has 0 saturated carbocycles. The van der Waals surface area contributed by atoms with Gasteiger partial charge in [0.05, 0.1) is 14.2 Å². The zero-order chi connectivity index (χ0) is 17.9. The fraction of sp³-hybridized carbons (Fsp3) is 0.0833. The van der Waals surface area contributed by atoms with Crippen molar-refractivity contribution < 1.29 is 9.47 Å². The average Bonchev–Trinajstić information content (AvgIpc) is 2.73. The van der Waals surface area contributed by atoms with E-state index in [4.69, 9.17) is 9.47 Å². The van der Waals surface area contributed by atoms with Crippen LogP contribution in [0.5, 0.6) is 11.5 Å². The fourth-order valence-corrected chi connectivity index (χ4v) is 3.56. The zero-order valence-corrected chi connectivity index (χ0v) is 14.9. The Hall–Kier alpha value is -3.26. The number of methoxy groups -OCH3 is 2. The number of hydrogen-bond donors (Lipinski definition) is 0. The van der Waals surface area contributed by atoms with E-state index in [0.717, 1.165) is 44.5 Å². The number of ether oxygens (including phenoxy) is 2. The van der Waals surface area contributed by atoms with Crippen LogP contribution < -0.4 is 9.47 Å². The summed E-state index contributed by atoms with van der Waals surface area (Å²) in [6.45, 7) is 0. The van der Waals surface area contributed by atoms with Crippen LogP contribution >= 0.6 is 0 Å². The number of rotatable bonds is 4. The van der Waals surface area contributed by atoms with Crippen LogP contribution in [0.25, 0.3) is 33.0 Å². The van der Waals surface area contributed by atoms with E-state index in [9.17, 15) is 0 Å². The average molecular weight is 340 g/mol. The molecule has 0 saturated heterocycles. The molecule has 0 fully saturated rings. The van der Waals surface area contributed by atoms with E-state index < -0.39 is 0 Å². The van der Waals surface area contributed by atoms with Crippen LogP contribution in [0.2, 0.25) is 0 Å². The number of hydrogen-bond acceptors (Lipinski definition) is 2. The highest BCUT2D eigenvalue weighted by Gasteiger charge is 2.22. The molecule has 0 radical (unpaired) electrons. The van der Waals surface area contributed by atoms with Gasteiger partial charge in [-0.15, -0.1) is 0 Å². The first-order valence-corrected chi connectivity index (χ1v) is 8.62. The van der Waals surface area contributed by atoms with E-state index in [2.05, 4.69) is 36.4 Å². The molecule has 0 heterocycles. The summed E-state index contributed by atoms with van der Waals surface area (Å²) in [5, 5.41) is 2.09. The highest BCUT2D eigenvalue weighted by Crippen LogP contribution is 2.50. The first-order chi connectivity index (χ1) is 12.8. The van der Waals surface area contributed by atoms with Crippen LogP contribution in [0, 0.1) is 0 Å². The van der Waals surface area contributed by atoms with Crippen LogP contribution in [-0.2, 0) is 0 Å². The van der Waals surface area contributed by atoms with Gasteiger partial charge in [0.1, 0.15) is 11.5 Å². The summed E-state index contributed by atoms with van der Waals surface area (Å²) in [6, 6.07) is 28.9. The standard InChI is InChI=1S/C24H20O2/c1-25-23-19-15-9-10-16-20(19)24(26-2)22(18-13-7-4-8-14-18)21(23)17-11-5-3-6-12-17/h3-16H,1-2H3. The first kappa shape index (κ1) is 16.2. The maximum Gasteiger partial charge on any atom is 0.135 e. The van der Waals surface area contributed by atoms with E-state index >= 15 is 0 Å². The highest BCUT2D eigenvalue weighted by atomic mass is 16.5. The number of benzene rings is 4. The monoisotopic (exact) mass is 340 g/mol. The van der Waals surface area contributed by atoms with Gasteiger partial charge in [-0.25, -0.2) is 0 Å². The summed E-state index contributed by atoms with van der Waals surface area (Å²) in [5.41, 5.74) is 4.31. The molecule has 0 atom stereocenters. The largest absolute Gasteiger partial charge is 0.495 e. The van der Waals surface area contributed by atoms with E-state index in [-0.39, 0.29) is 0 Å². The van der Waals surface area contributed by atoms with Gasteiger partial charge in [0, 0.05) is 21.9 Å². The molecule has 4 rings (SSSR count). The van der Waals surface area contributed by atoms with Crippen LogP contribution in [0.15, 0.2) is 84.9 Å². The lowest BCUT2D eigenvalue weighted by Gasteiger charge is -2.21. The number of fused-ring (bicyclic) bond motifs is 1. The summed E-state index contributed by atoms with van der Waals surface area (Å²) in [4.78, 5) is 0. The fourth-order valence-electron chi connectivity index (χ4n) is 3.56. The Labute approximate surface area is 153 Å². The Kier molecular flexibility index (Phi) is 4.32. The van der Waals surface area contributed by atoms with Gasteiger partial charge >= 0.3 is 0 Å². The second-order valence-electron chi connectivity index (χ2n) is 6.09. The predicted octanol–water partition coefficient (Wildman–Crippen LogP) is 6.19. The van der Waals surface area contributed by atoms with Gasteiger partial charge in [0.15, 0.2) is 0 Å². The van der Waals surface area contributed by atoms with Crippen molar-refractivity contribution >= 4 is 10.8 Å². The molecule has 0 N–H and O–H groups in total. The summed E-state index contributed by atoms with van der Waals surface area (Å²) >= 11 is 0. The molecule has 26 heavy (non-hydrogen) atoms. The Morgan fingerprint density at radius 3 is 1.15 bits per heavy atom. The minimum atomic E-state index is 0.867. The van der Waals surface area contributed by atoms with Crippen molar-refractivity contribution in [2.75, 3.05) is 14.2 Å². The Bertz CT molecular complexity index is 952. The van der Waals surface area contributed by atoms with Gasteiger partial charge in [0.25, 0.3) is 0 Å². The van der Waals surface area contributed by atoms with E-state index in [1.807, 2.05) is 48.5 Å². The summed E-state index contributed by atoms with van der Waals surface area (Å²) in [7, 11) is 3.46. The van der Waals surface area contributed by atoms with Crippen molar-refractivity contribution in [1.82, 2.24) is 0 Å². The van der Waals surface area contributed by atoms with Gasteiger partial charge in [-0.05, 0) is 11.1 Å². The molecule has 4 aromatic rings. The topological polar surface area (TPSA) is 18.5 Å². The molecule has 0 aliphatic carbocycles. The summed E-state index contributed by atoms with van der Waals surface area (Å²) < 4.78 is 11.8. The van der Waals surface area contributed by atoms with Gasteiger partial charge in [-0.3, -0.25) is 0 Å². The van der Waals surface area contributed by atoms with Crippen molar-refractivity contribution in [2.45, 2.75) is 0 Å². The van der Waals surface area contributed by atoms with Crippen molar-refractivity contribution in [3.05, 3.63) is 84.9 Å². The molecule has 0 spiro atoms. The molecule has 0 amide bonds. The van der Waals surface area contributed by atoms with Crippen LogP contribution in [-0.4, -0.2) is 14.2 Å². The molecule has 2 nitrogen and oxygen atoms in total. The van der Waals surface area contributed by atoms with Crippen LogP contribution in [0.3, 0.4) is 0 Å². The zero-order valence-electron chi connectivity index (χ0n) is 14.9. The van der Waals surface area contributed by atoms with Crippen molar-refractivity contribution in [2.24, 2.45) is 0 Å². The lowest BCUT2D eigenvalue weighted by Crippen LogP contribution is -1.98. The van der Waals surface area contributed by atoms with Crippen molar-refractivity contribution in [3.8, 4) is 33.8 Å². The summed E-state index contributed by atoms with van der Waals surface area (Å²) in [5.74, 6) is 1.73. The van der Waals surface area contributed by atoms with E-state index in [0.29, 0.717) is 0 Å². The third-order valence-electron chi connectivity index (χ3n) is 4.65. The molecular formula is C24H20O2. The maximum atomic E-state index is 5.92. The minimum absolute atomic E-state index is 0.867. The lowest BCUT2D eigenvalue weighted by atomic mass is 9.89. The third kappa shape index (κ3) is 2.60. The Morgan fingerprint density at radius 1 is 0.462 bits per heavy atom. The lowest BCUT2D eigenvalue weighted by molar-refractivity contribution is 0.413. The molecule has 0 unspecified atom stereocenters. The van der Waals surface area contributed by atoms with Crippen LogP contribution in [0.1, 0.15) is 0 Å². The molecule has 128 valence electrons. The molecule has 0 aliphatic heterocycles. The second-order valence-corrected chi connectivity index (χ2v) is 6.09. The van der Waals surface area contributed by atoms with Gasteiger partial charge in [-0.2, -0.15) is 0 Å². The SMILES string of the molecule is COc1c(-c2ccccc2)c(-c2ccccc2)c(OC)c2ccccc12. The maximum absolute atomic E-state index is 5.92. The third-order valence-corrected chi connectivity index (χ3v) is 4.65. The Morgan fingerprint density at radius 2 is 0.808 bits per heavy atom. The second kappa shape index (κ2) is 6.93. The molecule has 0 aliphatic rings. The van der Waals surface area contributed by atoms with Gasteiger partial charge in [-0.1, -0.05) is 84.9 Å². The van der Waals surface area contributed by atoms with E-state index in [1.54, 1.807) is 14.2 Å². The predicted molar refractivity (Wildman–Crippen MR) is 108 cm³/mol. The minimum Gasteiger partial charge on any atom is -0.495 e. The van der Waals surface area contributed by atoms with Gasteiger partial charge in [0.2, 0.25) is 0 Å². The summed E-state index contributed by atoms with van der Waals surface area (Å²) in [6.07, 6.45) is 0. The highest BCUT2D eigenvalue weighted by molar-refractivity contribution is 6.08. The smallest absolute Gasteiger partial charge is 0.135 e. The molecule has 2 heteroatoms. The quantitative estimate of drug-likeness (QED) is 0.441. The molecular weight excluding hydrogens is 320 g/mol. The van der Waals surface area contributed by atoms with Crippen molar-refractivity contribution in [1.29, 1.82) is 0 Å².